The number of anilines is 1. The van der Waals surface area contributed by atoms with Crippen LogP contribution in [-0.4, -0.2) is 36.1 Å². The van der Waals surface area contributed by atoms with Gasteiger partial charge in [0.15, 0.2) is 5.79 Å². The van der Waals surface area contributed by atoms with Gasteiger partial charge in [-0.1, -0.05) is 0 Å². The SMILES string of the molecule is Cc1cc(F)cc(C(=O)O)c1NC1CCC2(CC1)OCCO2. The molecular weight excluding hydrogens is 289 g/mol. The summed E-state index contributed by atoms with van der Waals surface area (Å²) in [6.07, 6.45) is 3.23. The number of carboxylic acid groups (broad SMARTS) is 1. The smallest absolute Gasteiger partial charge is 0.337 e. The first-order valence-corrected chi connectivity index (χ1v) is 7.57. The molecular formula is C16H20FNO4. The highest BCUT2D eigenvalue weighted by Crippen LogP contribution is 2.37. The van der Waals surface area contributed by atoms with Crippen molar-refractivity contribution >= 4 is 11.7 Å². The number of hydrogen-bond acceptors (Lipinski definition) is 4. The fraction of sp³-hybridized carbons (Fsp3) is 0.562. The van der Waals surface area contributed by atoms with Crippen LogP contribution in [0.4, 0.5) is 10.1 Å². The Morgan fingerprint density at radius 2 is 1.95 bits per heavy atom. The zero-order valence-electron chi connectivity index (χ0n) is 12.5. The molecule has 2 N–H and O–H groups in total. The van der Waals surface area contributed by atoms with Crippen LogP contribution in [0.15, 0.2) is 12.1 Å². The van der Waals surface area contributed by atoms with Gasteiger partial charge in [-0.3, -0.25) is 0 Å². The Kier molecular flexibility index (Phi) is 4.06. The molecule has 0 atom stereocenters. The van der Waals surface area contributed by atoms with E-state index < -0.39 is 17.6 Å². The van der Waals surface area contributed by atoms with E-state index in [1.165, 1.54) is 6.07 Å². The lowest BCUT2D eigenvalue weighted by Gasteiger charge is -2.36. The predicted molar refractivity (Wildman–Crippen MR) is 78.6 cm³/mol. The molecule has 5 nitrogen and oxygen atoms in total. The molecule has 2 fully saturated rings. The fourth-order valence-corrected chi connectivity index (χ4v) is 3.30. The minimum Gasteiger partial charge on any atom is -0.478 e. The third kappa shape index (κ3) is 2.94. The van der Waals surface area contributed by atoms with Crippen LogP contribution in [0.1, 0.15) is 41.6 Å². The highest BCUT2D eigenvalue weighted by Gasteiger charge is 2.40. The van der Waals surface area contributed by atoms with E-state index >= 15 is 0 Å². The Morgan fingerprint density at radius 3 is 2.55 bits per heavy atom. The maximum atomic E-state index is 13.4. The Bertz CT molecular complexity index is 574. The van der Waals surface area contributed by atoms with Gasteiger partial charge in [-0.15, -0.1) is 0 Å². The number of rotatable bonds is 3. The van der Waals surface area contributed by atoms with Gasteiger partial charge in [0.25, 0.3) is 0 Å². The van der Waals surface area contributed by atoms with E-state index in [0.717, 1.165) is 31.7 Å². The molecule has 1 saturated heterocycles. The predicted octanol–water partition coefficient (Wildman–Crippen LogP) is 2.93. The summed E-state index contributed by atoms with van der Waals surface area (Å²) in [6, 6.07) is 2.55. The van der Waals surface area contributed by atoms with Gasteiger partial charge in [-0.2, -0.15) is 0 Å². The summed E-state index contributed by atoms with van der Waals surface area (Å²) in [7, 11) is 0. The molecule has 22 heavy (non-hydrogen) atoms. The zero-order chi connectivity index (χ0) is 15.7. The minimum absolute atomic E-state index is 0.0221. The molecule has 120 valence electrons. The second kappa shape index (κ2) is 5.85. The zero-order valence-corrected chi connectivity index (χ0v) is 12.5. The van der Waals surface area contributed by atoms with E-state index in [-0.39, 0.29) is 11.6 Å². The van der Waals surface area contributed by atoms with E-state index in [2.05, 4.69) is 5.32 Å². The van der Waals surface area contributed by atoms with E-state index in [1.54, 1.807) is 6.92 Å². The Hall–Kier alpha value is -1.66. The topological polar surface area (TPSA) is 67.8 Å². The van der Waals surface area contributed by atoms with Crippen LogP contribution < -0.4 is 5.32 Å². The number of hydrogen-bond donors (Lipinski definition) is 2. The molecule has 1 aromatic carbocycles. The molecule has 0 aromatic heterocycles. The summed E-state index contributed by atoms with van der Waals surface area (Å²) in [5.41, 5.74) is 1.08. The van der Waals surface area contributed by atoms with Crippen molar-refractivity contribution in [3.05, 3.63) is 29.1 Å². The molecule has 1 heterocycles. The van der Waals surface area contributed by atoms with Crippen LogP contribution in [-0.2, 0) is 9.47 Å². The van der Waals surface area contributed by atoms with E-state index in [0.29, 0.717) is 24.5 Å². The van der Waals surface area contributed by atoms with Crippen LogP contribution in [0.2, 0.25) is 0 Å². The van der Waals surface area contributed by atoms with Crippen LogP contribution >= 0.6 is 0 Å². The lowest BCUT2D eigenvalue weighted by Crippen LogP contribution is -2.39. The largest absolute Gasteiger partial charge is 0.478 e. The van der Waals surface area contributed by atoms with Crippen molar-refractivity contribution in [1.82, 2.24) is 0 Å². The van der Waals surface area contributed by atoms with Crippen molar-refractivity contribution in [2.75, 3.05) is 18.5 Å². The number of nitrogens with one attached hydrogen (secondary N) is 1. The van der Waals surface area contributed by atoms with Crippen LogP contribution in [0.3, 0.4) is 0 Å². The lowest BCUT2D eigenvalue weighted by molar-refractivity contribution is -0.177. The molecule has 1 saturated carbocycles. The van der Waals surface area contributed by atoms with Gasteiger partial charge in [0.05, 0.1) is 24.5 Å². The summed E-state index contributed by atoms with van der Waals surface area (Å²) in [4.78, 5) is 11.3. The van der Waals surface area contributed by atoms with Crippen LogP contribution in [0, 0.1) is 12.7 Å². The third-order valence-corrected chi connectivity index (χ3v) is 4.44. The third-order valence-electron chi connectivity index (χ3n) is 4.44. The highest BCUT2D eigenvalue weighted by atomic mass is 19.1. The molecule has 1 aliphatic carbocycles. The molecule has 0 amide bonds. The normalized spacial score (nSPS) is 21.2. The molecule has 1 aromatic rings. The second-order valence-electron chi connectivity index (χ2n) is 5.98. The monoisotopic (exact) mass is 309 g/mol. The molecule has 0 radical (unpaired) electrons. The molecule has 2 aliphatic rings. The van der Waals surface area contributed by atoms with Crippen molar-refractivity contribution in [3.8, 4) is 0 Å². The van der Waals surface area contributed by atoms with Crippen LogP contribution in [0.5, 0.6) is 0 Å². The van der Waals surface area contributed by atoms with Gasteiger partial charge in [0, 0.05) is 18.9 Å². The first kappa shape index (κ1) is 15.2. The first-order valence-electron chi connectivity index (χ1n) is 7.57. The Labute approximate surface area is 128 Å². The number of carbonyl (C=O) groups is 1. The van der Waals surface area contributed by atoms with Crippen molar-refractivity contribution in [2.45, 2.75) is 44.4 Å². The van der Waals surface area contributed by atoms with Gasteiger partial charge in [-0.25, -0.2) is 9.18 Å². The van der Waals surface area contributed by atoms with Gasteiger partial charge in [0.2, 0.25) is 0 Å². The number of aromatic carboxylic acids is 1. The summed E-state index contributed by atoms with van der Waals surface area (Å²) < 4.78 is 24.8. The maximum absolute atomic E-state index is 13.4. The minimum atomic E-state index is -1.13. The van der Waals surface area contributed by atoms with E-state index in [9.17, 15) is 14.3 Å². The second-order valence-corrected chi connectivity index (χ2v) is 5.98. The summed E-state index contributed by atoms with van der Waals surface area (Å²) >= 11 is 0. The average Bonchev–Trinajstić information content (AvgIpc) is 2.92. The van der Waals surface area contributed by atoms with E-state index in [4.69, 9.17) is 9.47 Å². The molecule has 3 rings (SSSR count). The molecule has 1 spiro atoms. The maximum Gasteiger partial charge on any atom is 0.337 e. The quantitative estimate of drug-likeness (QED) is 0.898. The van der Waals surface area contributed by atoms with Crippen molar-refractivity contribution in [3.63, 3.8) is 0 Å². The summed E-state index contributed by atoms with van der Waals surface area (Å²) in [5.74, 6) is -2.10. The number of aryl methyl sites for hydroxylation is 1. The van der Waals surface area contributed by atoms with Gasteiger partial charge >= 0.3 is 5.97 Å². The average molecular weight is 309 g/mol. The highest BCUT2D eigenvalue weighted by molar-refractivity contribution is 5.95. The first-order chi connectivity index (χ1) is 10.5. The number of carboxylic acids is 1. The number of halogens is 1. The Morgan fingerprint density at radius 1 is 1.32 bits per heavy atom. The van der Waals surface area contributed by atoms with Crippen LogP contribution in [0.25, 0.3) is 0 Å². The van der Waals surface area contributed by atoms with Gasteiger partial charge in [-0.05, 0) is 37.5 Å². The molecule has 6 heteroatoms. The van der Waals surface area contributed by atoms with E-state index in [1.807, 2.05) is 0 Å². The summed E-state index contributed by atoms with van der Waals surface area (Å²) in [5, 5.41) is 12.5. The van der Waals surface area contributed by atoms with Crippen molar-refractivity contribution in [1.29, 1.82) is 0 Å². The lowest BCUT2D eigenvalue weighted by atomic mass is 9.89. The van der Waals surface area contributed by atoms with Crippen molar-refractivity contribution < 1.29 is 23.8 Å². The summed E-state index contributed by atoms with van der Waals surface area (Å²) in [6.45, 7) is 2.99. The van der Waals surface area contributed by atoms with Gasteiger partial charge in [0.1, 0.15) is 5.82 Å². The number of ether oxygens (including phenoxy) is 2. The molecule has 0 bridgehead atoms. The van der Waals surface area contributed by atoms with Crippen molar-refractivity contribution in [2.24, 2.45) is 0 Å². The standard InChI is InChI=1S/C16H20FNO4/c1-10-8-11(17)9-13(15(19)20)14(10)18-12-2-4-16(5-3-12)21-6-7-22-16/h8-9,12,18H,2-7H2,1H3,(H,19,20). The van der Waals surface area contributed by atoms with Gasteiger partial charge < -0.3 is 19.9 Å². The number of benzene rings is 1. The Balaban J connectivity index is 1.73. The molecule has 1 aliphatic heterocycles. The molecule has 0 unspecified atom stereocenters. The fourth-order valence-electron chi connectivity index (χ4n) is 3.30.